The molecule has 1 aromatic rings. The monoisotopic (exact) mass is 386 g/mol. The van der Waals surface area contributed by atoms with Crippen LogP contribution in [0.1, 0.15) is 44.1 Å². The first-order valence-corrected chi connectivity index (χ1v) is 11.0. The van der Waals surface area contributed by atoms with Gasteiger partial charge in [-0.25, -0.2) is 0 Å². The van der Waals surface area contributed by atoms with Gasteiger partial charge < -0.3 is 10.2 Å². The Morgan fingerprint density at radius 1 is 1.11 bits per heavy atom. The average molecular weight is 387 g/mol. The van der Waals surface area contributed by atoms with Crippen LogP contribution in [0.15, 0.2) is 18.2 Å². The molecule has 1 N–H and O–H groups in total. The van der Waals surface area contributed by atoms with E-state index in [1.54, 1.807) is 12.1 Å². The summed E-state index contributed by atoms with van der Waals surface area (Å²) in [5.74, 6) is 0.869. The molecule has 0 unspecified atom stereocenters. The molecular formula is C22H34N4O2. The fraction of sp³-hybridized carbons (Fsp3) is 0.727. The molecule has 0 radical (unpaired) electrons. The van der Waals surface area contributed by atoms with Crippen molar-refractivity contribution in [3.05, 3.63) is 33.9 Å². The lowest BCUT2D eigenvalue weighted by atomic mass is 9.65. The van der Waals surface area contributed by atoms with Crippen molar-refractivity contribution >= 4 is 11.4 Å². The molecule has 6 nitrogen and oxygen atoms in total. The normalized spacial score (nSPS) is 23.8. The van der Waals surface area contributed by atoms with Crippen molar-refractivity contribution in [3.8, 4) is 0 Å². The number of aryl methyl sites for hydroxylation is 1. The topological polar surface area (TPSA) is 61.7 Å². The molecule has 0 amide bonds. The van der Waals surface area contributed by atoms with Gasteiger partial charge in [-0.3, -0.25) is 15.0 Å². The number of piperidine rings is 1. The molecule has 1 spiro atoms. The lowest BCUT2D eigenvalue weighted by molar-refractivity contribution is -0.384. The number of nitrogens with zero attached hydrogens (tertiary/aromatic N) is 3. The molecule has 4 rings (SSSR count). The smallest absolute Gasteiger partial charge is 0.269 e. The van der Waals surface area contributed by atoms with Gasteiger partial charge in [0.05, 0.1) is 4.92 Å². The first-order valence-electron chi connectivity index (χ1n) is 11.0. The molecule has 0 bridgehead atoms. The highest BCUT2D eigenvalue weighted by Gasteiger charge is 2.36. The summed E-state index contributed by atoms with van der Waals surface area (Å²) in [6.07, 6.45) is 8.44. The Morgan fingerprint density at radius 2 is 1.79 bits per heavy atom. The van der Waals surface area contributed by atoms with E-state index in [0.717, 1.165) is 43.3 Å². The lowest BCUT2D eigenvalue weighted by Crippen LogP contribution is -2.48. The summed E-state index contributed by atoms with van der Waals surface area (Å²) in [5, 5.41) is 14.5. The third-order valence-corrected chi connectivity index (χ3v) is 7.45. The molecule has 3 aliphatic rings. The Balaban J connectivity index is 1.25. The molecule has 6 heteroatoms. The molecule has 28 heavy (non-hydrogen) atoms. The van der Waals surface area contributed by atoms with E-state index >= 15 is 0 Å². The quantitative estimate of drug-likeness (QED) is 0.633. The third-order valence-electron chi connectivity index (χ3n) is 7.45. The van der Waals surface area contributed by atoms with Crippen LogP contribution in [-0.4, -0.2) is 55.6 Å². The second-order valence-corrected chi connectivity index (χ2v) is 9.21. The van der Waals surface area contributed by atoms with Crippen molar-refractivity contribution in [1.82, 2.24) is 10.2 Å². The highest BCUT2D eigenvalue weighted by atomic mass is 16.6. The summed E-state index contributed by atoms with van der Waals surface area (Å²) in [6.45, 7) is 9.89. The zero-order valence-corrected chi connectivity index (χ0v) is 17.2. The van der Waals surface area contributed by atoms with E-state index in [9.17, 15) is 10.1 Å². The summed E-state index contributed by atoms with van der Waals surface area (Å²) >= 11 is 0. The standard InChI is InChI=1S/C22H34N4O2/c1-18-16-20(26(27)28)2-3-21(18)25-14-12-24(13-15-25)17-19-4-6-22(7-5-19)8-10-23-11-9-22/h2-3,16,19,23H,4-15,17H2,1H3. The van der Waals surface area contributed by atoms with Gasteiger partial charge in [-0.1, -0.05) is 0 Å². The van der Waals surface area contributed by atoms with Gasteiger partial charge in [0.2, 0.25) is 0 Å². The number of nitro benzene ring substituents is 1. The molecule has 1 aliphatic carbocycles. The fourth-order valence-corrected chi connectivity index (χ4v) is 5.57. The Kier molecular flexibility index (Phi) is 5.88. The zero-order valence-electron chi connectivity index (χ0n) is 17.2. The number of nitrogens with one attached hydrogen (secondary N) is 1. The fourth-order valence-electron chi connectivity index (χ4n) is 5.57. The average Bonchev–Trinajstić information content (AvgIpc) is 2.71. The predicted molar refractivity (Wildman–Crippen MR) is 113 cm³/mol. The van der Waals surface area contributed by atoms with Crippen molar-refractivity contribution < 1.29 is 4.92 Å². The van der Waals surface area contributed by atoms with Crippen LogP contribution >= 0.6 is 0 Å². The number of piperazine rings is 1. The van der Waals surface area contributed by atoms with E-state index in [0.29, 0.717) is 5.41 Å². The maximum absolute atomic E-state index is 11.0. The number of hydrogen-bond acceptors (Lipinski definition) is 5. The molecule has 0 aromatic heterocycles. The number of anilines is 1. The highest BCUT2D eigenvalue weighted by Crippen LogP contribution is 2.45. The summed E-state index contributed by atoms with van der Waals surface area (Å²) in [6, 6.07) is 5.25. The van der Waals surface area contributed by atoms with Crippen LogP contribution in [0.3, 0.4) is 0 Å². The maximum atomic E-state index is 11.0. The van der Waals surface area contributed by atoms with Crippen molar-refractivity contribution in [2.45, 2.75) is 45.4 Å². The molecular weight excluding hydrogens is 352 g/mol. The minimum atomic E-state index is -0.313. The second kappa shape index (κ2) is 8.37. The van der Waals surface area contributed by atoms with E-state index in [1.165, 1.54) is 58.2 Å². The summed E-state index contributed by atoms with van der Waals surface area (Å²) in [5.41, 5.74) is 3.00. The molecule has 2 aliphatic heterocycles. The van der Waals surface area contributed by atoms with E-state index in [1.807, 2.05) is 13.0 Å². The second-order valence-electron chi connectivity index (χ2n) is 9.21. The van der Waals surface area contributed by atoms with Crippen LogP contribution in [0.4, 0.5) is 11.4 Å². The Morgan fingerprint density at radius 3 is 2.39 bits per heavy atom. The largest absolute Gasteiger partial charge is 0.369 e. The van der Waals surface area contributed by atoms with Crippen molar-refractivity contribution in [3.63, 3.8) is 0 Å². The lowest BCUT2D eigenvalue weighted by Gasteiger charge is -2.45. The van der Waals surface area contributed by atoms with E-state index < -0.39 is 0 Å². The highest BCUT2D eigenvalue weighted by molar-refractivity contribution is 5.57. The van der Waals surface area contributed by atoms with Gasteiger partial charge in [-0.2, -0.15) is 0 Å². The summed E-state index contributed by atoms with van der Waals surface area (Å²) < 4.78 is 0. The minimum Gasteiger partial charge on any atom is -0.369 e. The van der Waals surface area contributed by atoms with Crippen LogP contribution in [0.25, 0.3) is 0 Å². The van der Waals surface area contributed by atoms with E-state index in [2.05, 4.69) is 15.1 Å². The van der Waals surface area contributed by atoms with E-state index in [4.69, 9.17) is 0 Å². The van der Waals surface area contributed by atoms with Crippen LogP contribution in [0, 0.1) is 28.4 Å². The maximum Gasteiger partial charge on any atom is 0.269 e. The van der Waals surface area contributed by atoms with Crippen molar-refractivity contribution in [1.29, 1.82) is 0 Å². The van der Waals surface area contributed by atoms with Gasteiger partial charge in [0.15, 0.2) is 0 Å². The Hall–Kier alpha value is -1.66. The van der Waals surface area contributed by atoms with Gasteiger partial charge >= 0.3 is 0 Å². The van der Waals surface area contributed by atoms with Crippen LogP contribution in [0.2, 0.25) is 0 Å². The first-order chi connectivity index (χ1) is 13.5. The van der Waals surface area contributed by atoms with Gasteiger partial charge in [-0.15, -0.1) is 0 Å². The van der Waals surface area contributed by atoms with Crippen molar-refractivity contribution in [2.24, 2.45) is 11.3 Å². The molecule has 154 valence electrons. The number of nitro groups is 1. The molecule has 0 atom stereocenters. The first kappa shape index (κ1) is 19.6. The number of benzene rings is 1. The Labute approximate surface area is 168 Å². The third kappa shape index (κ3) is 4.33. The predicted octanol–water partition coefficient (Wildman–Crippen LogP) is 3.59. The van der Waals surface area contributed by atoms with Gasteiger partial charge in [-0.05, 0) is 81.5 Å². The molecule has 1 aromatic carbocycles. The zero-order chi connectivity index (χ0) is 19.6. The number of rotatable bonds is 4. The van der Waals surface area contributed by atoms with Crippen LogP contribution in [-0.2, 0) is 0 Å². The van der Waals surface area contributed by atoms with Gasteiger partial charge in [0, 0.05) is 50.5 Å². The van der Waals surface area contributed by atoms with Gasteiger partial charge in [0.1, 0.15) is 0 Å². The minimum absolute atomic E-state index is 0.184. The van der Waals surface area contributed by atoms with Crippen LogP contribution < -0.4 is 10.2 Å². The summed E-state index contributed by atoms with van der Waals surface area (Å²) in [4.78, 5) is 15.7. The van der Waals surface area contributed by atoms with Crippen LogP contribution in [0.5, 0.6) is 0 Å². The molecule has 3 fully saturated rings. The molecule has 1 saturated carbocycles. The number of non-ortho nitro benzene ring substituents is 1. The van der Waals surface area contributed by atoms with Gasteiger partial charge in [0.25, 0.3) is 5.69 Å². The van der Waals surface area contributed by atoms with E-state index in [-0.39, 0.29) is 10.6 Å². The SMILES string of the molecule is Cc1cc([N+](=O)[O-])ccc1N1CCN(CC2CCC3(CCNCC3)CC2)CC1. The molecule has 2 heterocycles. The number of hydrogen-bond donors (Lipinski definition) is 1. The van der Waals surface area contributed by atoms with Crippen molar-refractivity contribution in [2.75, 3.05) is 50.7 Å². The summed E-state index contributed by atoms with van der Waals surface area (Å²) in [7, 11) is 0. The Bertz CT molecular complexity index is 684. The molecule has 2 saturated heterocycles.